The standard InChI is InChI=1S/C21H28N4O4/c26-19-14-25(21(28)22-12-15-4-2-1-3-5-15)13-17-10-16(11-18(17)23-19)20(27)24-6-8-29-9-7-24/h1-5,16-18H,6-14H2,(H,22,28)(H,23,26)/t16-,17+,18+/m0/s1. The summed E-state index contributed by atoms with van der Waals surface area (Å²) in [5, 5.41) is 5.93. The van der Waals surface area contributed by atoms with Crippen molar-refractivity contribution < 1.29 is 19.1 Å². The molecule has 1 saturated carbocycles. The van der Waals surface area contributed by atoms with Crippen LogP contribution in [0.15, 0.2) is 30.3 Å². The number of nitrogens with one attached hydrogen (secondary N) is 2. The molecule has 1 aromatic rings. The largest absolute Gasteiger partial charge is 0.378 e. The fourth-order valence-electron chi connectivity index (χ4n) is 4.56. The number of carbonyl (C=O) groups excluding carboxylic acids is 3. The Morgan fingerprint density at radius 2 is 1.86 bits per heavy atom. The first-order valence-corrected chi connectivity index (χ1v) is 10.3. The molecule has 2 saturated heterocycles. The van der Waals surface area contributed by atoms with Crippen molar-refractivity contribution in [3.63, 3.8) is 0 Å². The van der Waals surface area contributed by atoms with E-state index in [1.54, 1.807) is 4.90 Å². The minimum atomic E-state index is -0.243. The summed E-state index contributed by atoms with van der Waals surface area (Å²) in [7, 11) is 0. The van der Waals surface area contributed by atoms with Gasteiger partial charge in [-0.2, -0.15) is 0 Å². The molecule has 29 heavy (non-hydrogen) atoms. The summed E-state index contributed by atoms with van der Waals surface area (Å²) in [5.74, 6) is -0.0165. The van der Waals surface area contributed by atoms with Gasteiger partial charge in [0.1, 0.15) is 6.54 Å². The molecule has 1 aliphatic carbocycles. The first kappa shape index (κ1) is 19.7. The molecule has 2 heterocycles. The predicted molar refractivity (Wildman–Crippen MR) is 106 cm³/mol. The van der Waals surface area contributed by atoms with Gasteiger partial charge in [-0.05, 0) is 24.3 Å². The number of fused-ring (bicyclic) bond motifs is 1. The SMILES string of the molecule is O=C1CN(C(=O)NCc2ccccc2)C[C@H]2C[C@H](C(=O)N3CCOCC3)C[C@H]2N1. The number of morpholine rings is 1. The van der Waals surface area contributed by atoms with E-state index in [4.69, 9.17) is 4.74 Å². The summed E-state index contributed by atoms with van der Waals surface area (Å²) < 4.78 is 5.33. The van der Waals surface area contributed by atoms with Crippen LogP contribution in [-0.4, -0.2) is 73.1 Å². The molecule has 3 atom stereocenters. The molecule has 0 aromatic heterocycles. The van der Waals surface area contributed by atoms with Crippen LogP contribution in [0.1, 0.15) is 18.4 Å². The highest BCUT2D eigenvalue weighted by atomic mass is 16.5. The molecule has 3 fully saturated rings. The van der Waals surface area contributed by atoms with Crippen LogP contribution in [0.25, 0.3) is 0 Å². The van der Waals surface area contributed by atoms with Gasteiger partial charge >= 0.3 is 6.03 Å². The molecule has 0 radical (unpaired) electrons. The molecule has 0 bridgehead atoms. The lowest BCUT2D eigenvalue weighted by atomic mass is 10.0. The van der Waals surface area contributed by atoms with E-state index in [1.807, 2.05) is 35.2 Å². The molecule has 4 amide bonds. The highest BCUT2D eigenvalue weighted by Gasteiger charge is 2.43. The van der Waals surface area contributed by atoms with Crippen molar-refractivity contribution in [3.05, 3.63) is 35.9 Å². The molecule has 1 aromatic carbocycles. The zero-order valence-corrected chi connectivity index (χ0v) is 16.5. The van der Waals surface area contributed by atoms with Gasteiger partial charge in [0, 0.05) is 38.1 Å². The summed E-state index contributed by atoms with van der Waals surface area (Å²) in [6.07, 6.45) is 1.34. The third kappa shape index (κ3) is 4.70. The molecule has 156 valence electrons. The normalized spacial score (nSPS) is 27.0. The number of amides is 4. The third-order valence-corrected chi connectivity index (χ3v) is 6.08. The molecule has 3 aliphatic rings. The van der Waals surface area contributed by atoms with Gasteiger partial charge in [0.05, 0.1) is 13.2 Å². The van der Waals surface area contributed by atoms with Gasteiger partial charge < -0.3 is 25.2 Å². The predicted octanol–water partition coefficient (Wildman–Crippen LogP) is 0.582. The number of carbonyl (C=O) groups is 3. The highest BCUT2D eigenvalue weighted by Crippen LogP contribution is 2.34. The number of hydrogen-bond donors (Lipinski definition) is 2. The summed E-state index contributed by atoms with van der Waals surface area (Å²) in [4.78, 5) is 41.3. The average Bonchev–Trinajstić information content (AvgIpc) is 3.07. The lowest BCUT2D eigenvalue weighted by Gasteiger charge is -2.29. The molecule has 0 unspecified atom stereocenters. The second-order valence-electron chi connectivity index (χ2n) is 8.06. The lowest BCUT2D eigenvalue weighted by molar-refractivity contribution is -0.139. The Balaban J connectivity index is 1.36. The number of nitrogens with zero attached hydrogens (tertiary/aromatic N) is 2. The Morgan fingerprint density at radius 1 is 1.10 bits per heavy atom. The number of hydrogen-bond acceptors (Lipinski definition) is 4. The summed E-state index contributed by atoms with van der Waals surface area (Å²) in [6, 6.07) is 9.39. The Bertz CT molecular complexity index is 750. The van der Waals surface area contributed by atoms with Crippen molar-refractivity contribution in [3.8, 4) is 0 Å². The van der Waals surface area contributed by atoms with Crippen molar-refractivity contribution in [1.82, 2.24) is 20.4 Å². The lowest BCUT2D eigenvalue weighted by Crippen LogP contribution is -2.45. The fourth-order valence-corrected chi connectivity index (χ4v) is 4.56. The number of urea groups is 1. The molecule has 0 spiro atoms. The second kappa shape index (κ2) is 8.82. The molecule has 2 aliphatic heterocycles. The van der Waals surface area contributed by atoms with Crippen LogP contribution >= 0.6 is 0 Å². The third-order valence-electron chi connectivity index (χ3n) is 6.08. The van der Waals surface area contributed by atoms with Gasteiger partial charge in [0.25, 0.3) is 0 Å². The Morgan fingerprint density at radius 3 is 2.62 bits per heavy atom. The Kier molecular flexibility index (Phi) is 5.99. The minimum Gasteiger partial charge on any atom is -0.378 e. The topological polar surface area (TPSA) is 91.0 Å². The number of benzene rings is 1. The maximum absolute atomic E-state index is 12.9. The summed E-state index contributed by atoms with van der Waals surface area (Å²) >= 11 is 0. The van der Waals surface area contributed by atoms with E-state index in [9.17, 15) is 14.4 Å². The molecule has 8 nitrogen and oxygen atoms in total. The van der Waals surface area contributed by atoms with Gasteiger partial charge in [0.2, 0.25) is 11.8 Å². The summed E-state index contributed by atoms with van der Waals surface area (Å²) in [5.41, 5.74) is 1.01. The van der Waals surface area contributed by atoms with Crippen molar-refractivity contribution in [2.24, 2.45) is 11.8 Å². The van der Waals surface area contributed by atoms with E-state index in [-0.39, 0.29) is 42.3 Å². The van der Waals surface area contributed by atoms with E-state index in [1.165, 1.54) is 0 Å². The van der Waals surface area contributed by atoms with Crippen LogP contribution in [0.4, 0.5) is 4.79 Å². The molecular weight excluding hydrogens is 372 g/mol. The van der Waals surface area contributed by atoms with Crippen molar-refractivity contribution >= 4 is 17.8 Å². The molecule has 8 heteroatoms. The van der Waals surface area contributed by atoms with Crippen LogP contribution in [0.5, 0.6) is 0 Å². The monoisotopic (exact) mass is 400 g/mol. The van der Waals surface area contributed by atoms with Crippen LogP contribution < -0.4 is 10.6 Å². The second-order valence-corrected chi connectivity index (χ2v) is 8.06. The maximum Gasteiger partial charge on any atom is 0.318 e. The minimum absolute atomic E-state index is 0.0513. The van der Waals surface area contributed by atoms with E-state index >= 15 is 0 Å². The van der Waals surface area contributed by atoms with Gasteiger partial charge in [0.15, 0.2) is 0 Å². The molecular formula is C21H28N4O4. The first-order valence-electron chi connectivity index (χ1n) is 10.3. The summed E-state index contributed by atoms with van der Waals surface area (Å²) in [6.45, 7) is 3.38. The van der Waals surface area contributed by atoms with Gasteiger partial charge in [-0.3, -0.25) is 9.59 Å². The maximum atomic E-state index is 12.9. The Labute approximate surface area is 170 Å². The zero-order chi connectivity index (χ0) is 20.2. The van der Waals surface area contributed by atoms with Crippen molar-refractivity contribution in [2.45, 2.75) is 25.4 Å². The highest BCUT2D eigenvalue weighted by molar-refractivity contribution is 5.85. The quantitative estimate of drug-likeness (QED) is 0.777. The van der Waals surface area contributed by atoms with Crippen LogP contribution in [-0.2, 0) is 20.9 Å². The van der Waals surface area contributed by atoms with Crippen LogP contribution in [0.2, 0.25) is 0 Å². The van der Waals surface area contributed by atoms with E-state index < -0.39 is 0 Å². The molecule has 4 rings (SSSR count). The van der Waals surface area contributed by atoms with Crippen LogP contribution in [0.3, 0.4) is 0 Å². The van der Waals surface area contributed by atoms with Crippen molar-refractivity contribution in [1.29, 1.82) is 0 Å². The van der Waals surface area contributed by atoms with E-state index in [0.29, 0.717) is 52.2 Å². The van der Waals surface area contributed by atoms with Gasteiger partial charge in [-0.1, -0.05) is 30.3 Å². The number of ether oxygens (including phenoxy) is 1. The van der Waals surface area contributed by atoms with E-state index in [0.717, 1.165) is 5.56 Å². The van der Waals surface area contributed by atoms with E-state index in [2.05, 4.69) is 10.6 Å². The average molecular weight is 400 g/mol. The van der Waals surface area contributed by atoms with Crippen molar-refractivity contribution in [2.75, 3.05) is 39.4 Å². The fraction of sp³-hybridized carbons (Fsp3) is 0.571. The first-order chi connectivity index (χ1) is 14.1. The zero-order valence-electron chi connectivity index (χ0n) is 16.5. The smallest absolute Gasteiger partial charge is 0.318 e. The molecule has 2 N–H and O–H groups in total. The van der Waals surface area contributed by atoms with Gasteiger partial charge in [-0.25, -0.2) is 4.79 Å². The van der Waals surface area contributed by atoms with Crippen LogP contribution in [0, 0.1) is 11.8 Å². The Hall–Kier alpha value is -2.61. The van der Waals surface area contributed by atoms with Gasteiger partial charge in [-0.15, -0.1) is 0 Å². The number of rotatable bonds is 3.